The summed E-state index contributed by atoms with van der Waals surface area (Å²) in [4.78, 5) is 12.1. The van der Waals surface area contributed by atoms with E-state index in [4.69, 9.17) is 17.3 Å². The number of aliphatic hydroxyl groups is 1. The van der Waals surface area contributed by atoms with Crippen molar-refractivity contribution in [2.24, 2.45) is 10.7 Å². The minimum absolute atomic E-state index is 0.0364. The van der Waals surface area contributed by atoms with E-state index in [1.54, 1.807) is 6.92 Å². The SMILES string of the molecule is CCC(O)C#CCCC1(C)C(N)=N[C@](C)(c2cc(/C=C(\F)c3cnc(Cl)cn3)ccc2F)CS1(=O)=O. The number of amidine groups is 1. The van der Waals surface area contributed by atoms with Crippen LogP contribution in [0.15, 0.2) is 35.6 Å². The molecule has 0 saturated carbocycles. The van der Waals surface area contributed by atoms with Crippen molar-refractivity contribution < 1.29 is 22.3 Å². The summed E-state index contributed by atoms with van der Waals surface area (Å²) < 4.78 is 54.9. The van der Waals surface area contributed by atoms with Gasteiger partial charge in [0, 0.05) is 12.0 Å². The molecule has 1 aliphatic heterocycles. The van der Waals surface area contributed by atoms with Gasteiger partial charge < -0.3 is 10.8 Å². The number of nitrogens with two attached hydrogens (primary N) is 1. The number of aliphatic hydroxyl groups excluding tert-OH is 1. The van der Waals surface area contributed by atoms with Gasteiger partial charge in [0.05, 0.1) is 18.1 Å². The Hall–Kier alpha value is -2.87. The van der Waals surface area contributed by atoms with E-state index in [-0.39, 0.29) is 40.7 Å². The molecule has 3 atom stereocenters. The highest BCUT2D eigenvalue weighted by atomic mass is 35.5. The Bertz CT molecular complexity index is 1370. The second-order valence-electron chi connectivity index (χ2n) is 8.96. The minimum atomic E-state index is -3.91. The summed E-state index contributed by atoms with van der Waals surface area (Å²) in [5.41, 5.74) is 4.82. The molecule has 192 valence electrons. The summed E-state index contributed by atoms with van der Waals surface area (Å²) in [7, 11) is -3.91. The number of aromatic nitrogens is 2. The predicted molar refractivity (Wildman–Crippen MR) is 137 cm³/mol. The molecule has 2 aromatic rings. The first-order chi connectivity index (χ1) is 16.8. The van der Waals surface area contributed by atoms with Crippen LogP contribution in [0.4, 0.5) is 8.78 Å². The van der Waals surface area contributed by atoms with Gasteiger partial charge >= 0.3 is 0 Å². The van der Waals surface area contributed by atoms with Gasteiger partial charge in [0.25, 0.3) is 0 Å². The highest BCUT2D eigenvalue weighted by molar-refractivity contribution is 7.93. The molecule has 1 aliphatic rings. The molecule has 0 saturated heterocycles. The summed E-state index contributed by atoms with van der Waals surface area (Å²) in [5, 5.41) is 9.68. The normalized spacial score (nSPS) is 24.4. The predicted octanol–water partition coefficient (Wildman–Crippen LogP) is 4.05. The van der Waals surface area contributed by atoms with Crippen LogP contribution in [0.2, 0.25) is 5.15 Å². The van der Waals surface area contributed by atoms with Gasteiger partial charge in [-0.15, -0.1) is 5.92 Å². The number of aliphatic imine (C=N–C) groups is 1. The Morgan fingerprint density at radius 3 is 2.67 bits per heavy atom. The van der Waals surface area contributed by atoms with E-state index in [1.165, 1.54) is 32.2 Å². The number of rotatable bonds is 6. The smallest absolute Gasteiger partial charge is 0.165 e. The highest BCUT2D eigenvalue weighted by Gasteiger charge is 2.51. The van der Waals surface area contributed by atoms with Crippen LogP contribution in [-0.4, -0.2) is 45.9 Å². The Kier molecular flexibility index (Phi) is 8.18. The molecule has 0 aliphatic carbocycles. The van der Waals surface area contributed by atoms with E-state index < -0.39 is 43.6 Å². The molecule has 7 nitrogen and oxygen atoms in total. The lowest BCUT2D eigenvalue weighted by atomic mass is 9.91. The highest BCUT2D eigenvalue weighted by Crippen LogP contribution is 2.40. The Morgan fingerprint density at radius 2 is 2.06 bits per heavy atom. The first-order valence-corrected chi connectivity index (χ1v) is 13.2. The van der Waals surface area contributed by atoms with Crippen LogP contribution in [0.1, 0.15) is 56.9 Å². The Labute approximate surface area is 214 Å². The first kappa shape index (κ1) is 27.7. The standard InChI is InChI=1S/C25H27ClF2N4O3S/c1-4-17(33)7-5-6-10-25(3)23(29)32-24(2,15-36(25,34)35)18-11-16(8-9-19(18)27)12-20(28)21-13-31-22(26)14-30-21/h8-9,11-14,17,33H,4,6,10,15H2,1-3H3,(H2,29,32)/b20-12-/t17?,24-,25?/m0/s1. The maximum absolute atomic E-state index is 14.9. The van der Waals surface area contributed by atoms with Crippen molar-refractivity contribution in [1.29, 1.82) is 0 Å². The molecule has 11 heteroatoms. The molecule has 2 unspecified atom stereocenters. The fourth-order valence-electron chi connectivity index (χ4n) is 3.82. The lowest BCUT2D eigenvalue weighted by molar-refractivity contribution is 0.228. The van der Waals surface area contributed by atoms with Crippen LogP contribution in [0.5, 0.6) is 0 Å². The molecule has 0 bridgehead atoms. The van der Waals surface area contributed by atoms with Crippen LogP contribution in [0, 0.1) is 17.7 Å². The van der Waals surface area contributed by atoms with E-state index in [0.717, 1.165) is 18.3 Å². The molecule has 1 aromatic heterocycles. The van der Waals surface area contributed by atoms with Crippen LogP contribution < -0.4 is 5.73 Å². The average molecular weight is 537 g/mol. The summed E-state index contributed by atoms with van der Waals surface area (Å²) in [6, 6.07) is 3.81. The zero-order chi connectivity index (χ0) is 26.7. The third kappa shape index (κ3) is 5.75. The zero-order valence-corrected chi connectivity index (χ0v) is 21.7. The second-order valence-corrected chi connectivity index (χ2v) is 11.8. The average Bonchev–Trinajstić information content (AvgIpc) is 2.81. The summed E-state index contributed by atoms with van der Waals surface area (Å²) in [6.45, 7) is 4.72. The second kappa shape index (κ2) is 10.6. The Morgan fingerprint density at radius 1 is 1.33 bits per heavy atom. The summed E-state index contributed by atoms with van der Waals surface area (Å²) in [5.74, 6) is 3.33. The molecule has 0 fully saturated rings. The van der Waals surface area contributed by atoms with Crippen molar-refractivity contribution in [2.75, 3.05) is 5.75 Å². The minimum Gasteiger partial charge on any atom is -0.386 e. The van der Waals surface area contributed by atoms with E-state index in [1.807, 2.05) is 0 Å². The van der Waals surface area contributed by atoms with Crippen molar-refractivity contribution >= 4 is 39.2 Å². The van der Waals surface area contributed by atoms with Crippen molar-refractivity contribution in [3.05, 3.63) is 58.4 Å². The van der Waals surface area contributed by atoms with Crippen molar-refractivity contribution in [3.8, 4) is 11.8 Å². The fourth-order valence-corrected chi connectivity index (χ4v) is 5.97. The van der Waals surface area contributed by atoms with Crippen LogP contribution in [-0.2, 0) is 15.4 Å². The zero-order valence-electron chi connectivity index (χ0n) is 20.1. The van der Waals surface area contributed by atoms with Crippen LogP contribution in [0.25, 0.3) is 11.9 Å². The van der Waals surface area contributed by atoms with E-state index in [0.29, 0.717) is 6.42 Å². The van der Waals surface area contributed by atoms with Gasteiger partial charge in [-0.05, 0) is 50.5 Å². The quantitative estimate of drug-likeness (QED) is 0.538. The lowest BCUT2D eigenvalue weighted by Crippen LogP contribution is -2.56. The maximum atomic E-state index is 14.9. The van der Waals surface area contributed by atoms with Crippen molar-refractivity contribution in [2.45, 2.75) is 56.4 Å². The number of benzene rings is 1. The molecule has 1 aromatic carbocycles. The van der Waals surface area contributed by atoms with Gasteiger partial charge in [-0.2, -0.15) is 0 Å². The monoisotopic (exact) mass is 536 g/mol. The van der Waals surface area contributed by atoms with Crippen LogP contribution in [0.3, 0.4) is 0 Å². The number of sulfone groups is 1. The summed E-state index contributed by atoms with van der Waals surface area (Å²) >= 11 is 5.68. The fraction of sp³-hybridized carbons (Fsp3) is 0.400. The van der Waals surface area contributed by atoms with Gasteiger partial charge in [0.2, 0.25) is 0 Å². The molecule has 36 heavy (non-hydrogen) atoms. The largest absolute Gasteiger partial charge is 0.386 e. The van der Waals surface area contributed by atoms with E-state index >= 15 is 0 Å². The number of halogens is 3. The molecule has 0 spiro atoms. The third-order valence-electron chi connectivity index (χ3n) is 6.18. The number of nitrogens with zero attached hydrogens (tertiary/aromatic N) is 3. The van der Waals surface area contributed by atoms with Crippen molar-refractivity contribution in [3.63, 3.8) is 0 Å². The molecule has 0 radical (unpaired) electrons. The molecule has 2 heterocycles. The third-order valence-corrected chi connectivity index (χ3v) is 9.10. The number of hydrogen-bond acceptors (Lipinski definition) is 7. The number of hydrogen-bond donors (Lipinski definition) is 2. The molecular formula is C25H27ClF2N4O3S. The van der Waals surface area contributed by atoms with E-state index in [9.17, 15) is 22.3 Å². The van der Waals surface area contributed by atoms with Gasteiger partial charge in [0.15, 0.2) is 15.7 Å². The van der Waals surface area contributed by atoms with Gasteiger partial charge in [-0.25, -0.2) is 27.2 Å². The van der Waals surface area contributed by atoms with E-state index in [2.05, 4.69) is 26.8 Å². The Balaban J connectivity index is 1.96. The van der Waals surface area contributed by atoms with Crippen LogP contribution >= 0.6 is 11.6 Å². The van der Waals surface area contributed by atoms with Crippen molar-refractivity contribution in [1.82, 2.24) is 9.97 Å². The maximum Gasteiger partial charge on any atom is 0.165 e. The lowest BCUT2D eigenvalue weighted by Gasteiger charge is -2.39. The topological polar surface area (TPSA) is 119 Å². The van der Waals surface area contributed by atoms with Gasteiger partial charge in [0.1, 0.15) is 38.9 Å². The molecule has 3 rings (SSSR count). The molecule has 3 N–H and O–H groups in total. The molecule has 0 amide bonds. The summed E-state index contributed by atoms with van der Waals surface area (Å²) in [6.07, 6.45) is 3.41. The first-order valence-electron chi connectivity index (χ1n) is 11.2. The van der Waals surface area contributed by atoms with Gasteiger partial charge in [-0.1, -0.05) is 30.5 Å². The van der Waals surface area contributed by atoms with Gasteiger partial charge in [-0.3, -0.25) is 4.99 Å². The molecular weight excluding hydrogens is 510 g/mol.